The monoisotopic (exact) mass is 422 g/mol. The number of ether oxygens (including phenoxy) is 1. The van der Waals surface area contributed by atoms with Crippen LogP contribution in [0.3, 0.4) is 0 Å². The maximum Gasteiger partial charge on any atom is 0.418 e. The molecule has 140 valence electrons. The lowest BCUT2D eigenvalue weighted by atomic mass is 10.1. The van der Waals surface area contributed by atoms with Gasteiger partial charge < -0.3 is 15.4 Å². The number of aryl methyl sites for hydroxylation is 1. The van der Waals surface area contributed by atoms with Crippen molar-refractivity contribution in [3.8, 4) is 0 Å². The van der Waals surface area contributed by atoms with Crippen molar-refractivity contribution in [3.63, 3.8) is 0 Å². The van der Waals surface area contributed by atoms with Gasteiger partial charge in [-0.2, -0.15) is 13.2 Å². The highest BCUT2D eigenvalue weighted by Crippen LogP contribution is 2.37. The number of alkyl halides is 3. The van der Waals surface area contributed by atoms with Gasteiger partial charge in [-0.25, -0.2) is 4.79 Å². The van der Waals surface area contributed by atoms with E-state index in [-0.39, 0.29) is 15.8 Å². The molecule has 0 aliphatic carbocycles. The number of carbonyl (C=O) groups is 1. The first kappa shape index (κ1) is 20.5. The number of hydrogen-bond donors (Lipinski definition) is 2. The van der Waals surface area contributed by atoms with E-state index in [4.69, 9.17) is 28.6 Å². The predicted molar refractivity (Wildman–Crippen MR) is 101 cm³/mol. The molecule has 0 amide bonds. The fraction of sp³-hybridized carbons (Fsp3) is 0.250. The Morgan fingerprint density at radius 1 is 1.27 bits per heavy atom. The third-order valence-corrected chi connectivity index (χ3v) is 5.10. The molecular weight excluding hydrogens is 409 g/mol. The minimum Gasteiger partial charge on any atom is -0.465 e. The molecule has 1 heterocycles. The minimum atomic E-state index is -4.60. The fourth-order valence-corrected chi connectivity index (χ4v) is 3.68. The average molecular weight is 423 g/mol. The van der Waals surface area contributed by atoms with Gasteiger partial charge in [0.1, 0.15) is 5.00 Å². The molecule has 26 heavy (non-hydrogen) atoms. The van der Waals surface area contributed by atoms with Gasteiger partial charge in [0, 0.05) is 9.90 Å². The van der Waals surface area contributed by atoms with E-state index >= 15 is 0 Å². The van der Waals surface area contributed by atoms with Gasteiger partial charge in [-0.1, -0.05) is 11.6 Å². The summed E-state index contributed by atoms with van der Waals surface area (Å²) in [6.45, 7) is 3.57. The summed E-state index contributed by atoms with van der Waals surface area (Å²) >= 11 is 12.0. The quantitative estimate of drug-likeness (QED) is 0.495. The van der Waals surface area contributed by atoms with Crippen molar-refractivity contribution < 1.29 is 22.7 Å². The third kappa shape index (κ3) is 4.46. The van der Waals surface area contributed by atoms with E-state index in [1.807, 2.05) is 6.92 Å². The molecule has 0 spiro atoms. The summed E-state index contributed by atoms with van der Waals surface area (Å²) in [4.78, 5) is 12.8. The second-order valence-electron chi connectivity index (χ2n) is 5.25. The van der Waals surface area contributed by atoms with Crippen LogP contribution in [0.4, 0.5) is 23.9 Å². The Kier molecular flexibility index (Phi) is 6.15. The molecule has 0 unspecified atom stereocenters. The van der Waals surface area contributed by atoms with Gasteiger partial charge in [0.2, 0.25) is 0 Å². The van der Waals surface area contributed by atoms with E-state index in [1.165, 1.54) is 30.6 Å². The van der Waals surface area contributed by atoms with Crippen LogP contribution in [0.25, 0.3) is 0 Å². The molecule has 0 aliphatic rings. The number of benzene rings is 1. The molecule has 10 heteroatoms. The molecule has 0 radical (unpaired) electrons. The standard InChI is InChI=1S/C16H14ClF3N2O2S2/c1-7-8(2)26-13(12(7)14(23)24-3)22-15(25)21-11-5-4-9(17)6-10(11)16(18,19)20/h4-6H,1-3H3,(H2,21,22,25). The first-order valence-electron chi connectivity index (χ1n) is 7.17. The van der Waals surface area contributed by atoms with Gasteiger partial charge in [-0.05, 0) is 49.8 Å². The molecule has 2 rings (SSSR count). The summed E-state index contributed by atoms with van der Waals surface area (Å²) in [5.41, 5.74) is -0.175. The summed E-state index contributed by atoms with van der Waals surface area (Å²) in [6, 6.07) is 3.32. The molecule has 1 aromatic carbocycles. The number of thiophene rings is 1. The Balaban J connectivity index is 2.29. The molecule has 0 fully saturated rings. The summed E-state index contributed by atoms with van der Waals surface area (Å²) in [6.07, 6.45) is -4.60. The summed E-state index contributed by atoms with van der Waals surface area (Å²) in [5.74, 6) is -0.556. The zero-order valence-electron chi connectivity index (χ0n) is 13.9. The van der Waals surface area contributed by atoms with Crippen molar-refractivity contribution in [2.75, 3.05) is 17.7 Å². The first-order valence-corrected chi connectivity index (χ1v) is 8.78. The van der Waals surface area contributed by atoms with Crippen LogP contribution in [-0.4, -0.2) is 18.2 Å². The Morgan fingerprint density at radius 3 is 2.50 bits per heavy atom. The average Bonchev–Trinajstić information content (AvgIpc) is 2.81. The van der Waals surface area contributed by atoms with Crippen molar-refractivity contribution >= 4 is 56.9 Å². The highest BCUT2D eigenvalue weighted by Gasteiger charge is 2.34. The molecule has 0 atom stereocenters. The zero-order chi connectivity index (χ0) is 19.6. The van der Waals surface area contributed by atoms with Gasteiger partial charge in [-0.3, -0.25) is 0 Å². The number of anilines is 2. The summed E-state index contributed by atoms with van der Waals surface area (Å²) < 4.78 is 44.2. The molecule has 1 aromatic heterocycles. The number of halogens is 4. The molecule has 2 aromatic rings. The van der Waals surface area contributed by atoms with Crippen LogP contribution in [0.1, 0.15) is 26.4 Å². The smallest absolute Gasteiger partial charge is 0.418 e. The molecule has 4 nitrogen and oxygen atoms in total. The van der Waals surface area contributed by atoms with Crippen LogP contribution >= 0.6 is 35.2 Å². The molecule has 0 saturated heterocycles. The van der Waals surface area contributed by atoms with Crippen molar-refractivity contribution in [3.05, 3.63) is 44.8 Å². The lowest BCUT2D eigenvalue weighted by molar-refractivity contribution is -0.136. The molecule has 0 saturated carbocycles. The number of hydrogen-bond acceptors (Lipinski definition) is 4. The number of methoxy groups -OCH3 is 1. The normalized spacial score (nSPS) is 11.2. The van der Waals surface area contributed by atoms with Gasteiger partial charge in [-0.15, -0.1) is 11.3 Å². The molecule has 0 aliphatic heterocycles. The van der Waals surface area contributed by atoms with Crippen LogP contribution in [0.15, 0.2) is 18.2 Å². The Bertz CT molecular complexity index is 866. The Labute approximate surface area is 162 Å². The lowest BCUT2D eigenvalue weighted by Gasteiger charge is -2.16. The van der Waals surface area contributed by atoms with Crippen LogP contribution in [0, 0.1) is 13.8 Å². The highest BCUT2D eigenvalue weighted by atomic mass is 35.5. The van der Waals surface area contributed by atoms with Crippen LogP contribution < -0.4 is 10.6 Å². The van der Waals surface area contributed by atoms with Crippen LogP contribution in [0.2, 0.25) is 5.02 Å². The fourth-order valence-electron chi connectivity index (χ4n) is 2.18. The molecule has 0 bridgehead atoms. The molecule has 2 N–H and O–H groups in total. The number of nitrogens with one attached hydrogen (secondary N) is 2. The molecular formula is C16H14ClF3N2O2S2. The van der Waals surface area contributed by atoms with Gasteiger partial charge in [0.25, 0.3) is 0 Å². The zero-order valence-corrected chi connectivity index (χ0v) is 16.3. The Hall–Kier alpha value is -1.84. The SMILES string of the molecule is COC(=O)c1c(NC(=S)Nc2ccc(Cl)cc2C(F)(F)F)sc(C)c1C. The van der Waals surface area contributed by atoms with E-state index in [9.17, 15) is 18.0 Å². The van der Waals surface area contributed by atoms with E-state index in [1.54, 1.807) is 6.92 Å². The summed E-state index contributed by atoms with van der Waals surface area (Å²) in [5, 5.41) is 5.53. The number of esters is 1. The number of thiocarbonyl (C=S) groups is 1. The highest BCUT2D eigenvalue weighted by molar-refractivity contribution is 7.80. The van der Waals surface area contributed by atoms with Crippen molar-refractivity contribution in [1.29, 1.82) is 0 Å². The van der Waals surface area contributed by atoms with E-state index in [0.29, 0.717) is 10.6 Å². The van der Waals surface area contributed by atoms with Crippen molar-refractivity contribution in [1.82, 2.24) is 0 Å². The van der Waals surface area contributed by atoms with E-state index in [0.717, 1.165) is 16.5 Å². The third-order valence-electron chi connectivity index (χ3n) is 3.54. The lowest BCUT2D eigenvalue weighted by Crippen LogP contribution is -2.22. The van der Waals surface area contributed by atoms with Crippen LogP contribution in [-0.2, 0) is 10.9 Å². The van der Waals surface area contributed by atoms with Gasteiger partial charge >= 0.3 is 12.1 Å². The summed E-state index contributed by atoms with van der Waals surface area (Å²) in [7, 11) is 1.25. The van der Waals surface area contributed by atoms with E-state index < -0.39 is 17.7 Å². The second kappa shape index (κ2) is 7.81. The topological polar surface area (TPSA) is 50.4 Å². The van der Waals surface area contributed by atoms with Crippen molar-refractivity contribution in [2.45, 2.75) is 20.0 Å². The minimum absolute atomic E-state index is 0.0424. The Morgan fingerprint density at radius 2 is 1.92 bits per heavy atom. The number of carbonyl (C=O) groups excluding carboxylic acids is 1. The van der Waals surface area contributed by atoms with Crippen molar-refractivity contribution in [2.24, 2.45) is 0 Å². The second-order valence-corrected chi connectivity index (χ2v) is 7.32. The van der Waals surface area contributed by atoms with Gasteiger partial charge in [0.05, 0.1) is 23.9 Å². The maximum absolute atomic E-state index is 13.2. The maximum atomic E-state index is 13.2. The largest absolute Gasteiger partial charge is 0.465 e. The number of rotatable bonds is 3. The van der Waals surface area contributed by atoms with E-state index in [2.05, 4.69) is 10.6 Å². The predicted octanol–water partition coefficient (Wildman–Crippen LogP) is 5.63. The first-order chi connectivity index (χ1) is 12.0. The van der Waals surface area contributed by atoms with Crippen LogP contribution in [0.5, 0.6) is 0 Å². The van der Waals surface area contributed by atoms with Gasteiger partial charge in [0.15, 0.2) is 5.11 Å².